The number of hydrogen-bond acceptors (Lipinski definition) is 21. The zero-order chi connectivity index (χ0) is 40.2. The van der Waals surface area contributed by atoms with E-state index >= 15 is 0 Å². The first-order chi connectivity index (χ1) is 25.5. The highest BCUT2D eigenvalue weighted by atomic mass is 16.8. The number of carbonyl (C=O) groups is 3. The summed E-state index contributed by atoms with van der Waals surface area (Å²) < 4.78 is 40.3. The molecule has 20 atom stereocenters. The smallest absolute Gasteiger partial charge is 0.217 e. The zero-order valence-electron chi connectivity index (χ0n) is 29.5. The van der Waals surface area contributed by atoms with Crippen molar-refractivity contribution in [3.63, 3.8) is 0 Å². The summed E-state index contributed by atoms with van der Waals surface area (Å²) in [5.41, 5.74) is 5.98. The van der Waals surface area contributed by atoms with Gasteiger partial charge in [-0.05, 0) is 0 Å². The average Bonchev–Trinajstić information content (AvgIpc) is 3.12. The first-order valence-corrected chi connectivity index (χ1v) is 17.1. The van der Waals surface area contributed by atoms with Crippen LogP contribution in [0.5, 0.6) is 0 Å². The number of aliphatic hydroxyl groups excluding tert-OH is 10. The molecule has 4 fully saturated rings. The van der Waals surface area contributed by atoms with Crippen molar-refractivity contribution in [1.82, 2.24) is 16.0 Å². The molecule has 0 bridgehead atoms. The van der Waals surface area contributed by atoms with E-state index in [9.17, 15) is 65.4 Å². The molecule has 0 aliphatic carbocycles. The summed E-state index contributed by atoms with van der Waals surface area (Å²) in [5, 5.41) is 112. The van der Waals surface area contributed by atoms with Crippen LogP contribution in [0.3, 0.4) is 0 Å². The van der Waals surface area contributed by atoms with E-state index in [2.05, 4.69) is 16.0 Å². The molecule has 3 amide bonds. The van der Waals surface area contributed by atoms with Gasteiger partial charge in [-0.15, -0.1) is 0 Å². The monoisotopic (exact) mass is 788 g/mol. The molecule has 15 N–H and O–H groups in total. The van der Waals surface area contributed by atoms with Gasteiger partial charge < -0.3 is 106 Å². The van der Waals surface area contributed by atoms with Gasteiger partial charge in [0.2, 0.25) is 17.7 Å². The normalized spacial score (nSPS) is 45.7. The summed E-state index contributed by atoms with van der Waals surface area (Å²) in [6.07, 6.45) is -26.1. The third-order valence-corrected chi connectivity index (χ3v) is 9.49. The highest BCUT2D eigenvalue weighted by Crippen LogP contribution is 2.34. The molecule has 4 aliphatic heterocycles. The molecule has 4 heterocycles. The minimum absolute atomic E-state index is 0.655. The van der Waals surface area contributed by atoms with Crippen LogP contribution in [0.1, 0.15) is 20.8 Å². The molecule has 0 saturated carbocycles. The molecule has 0 spiro atoms. The fraction of sp³-hybridized carbons (Fsp3) is 0.900. The summed E-state index contributed by atoms with van der Waals surface area (Å²) in [6, 6.07) is -6.00. The molecule has 4 aliphatic rings. The molecule has 0 aromatic rings. The number of nitrogens with two attached hydrogens (primary N) is 1. The Morgan fingerprint density at radius 1 is 0.500 bits per heavy atom. The molecule has 0 aromatic carbocycles. The lowest BCUT2D eigenvalue weighted by Gasteiger charge is -2.50. The van der Waals surface area contributed by atoms with Gasteiger partial charge in [0.1, 0.15) is 91.4 Å². The molecular formula is C30H52N4O20. The Balaban J connectivity index is 1.59. The minimum atomic E-state index is -1.87. The maximum absolute atomic E-state index is 12.3. The number of amides is 3. The Kier molecular flexibility index (Phi) is 15.8. The molecule has 24 nitrogen and oxygen atoms in total. The van der Waals surface area contributed by atoms with E-state index in [1.807, 2.05) is 0 Å². The van der Waals surface area contributed by atoms with Crippen LogP contribution in [-0.4, -0.2) is 218 Å². The van der Waals surface area contributed by atoms with Gasteiger partial charge in [-0.1, -0.05) is 0 Å². The van der Waals surface area contributed by atoms with Crippen LogP contribution in [0.4, 0.5) is 0 Å². The van der Waals surface area contributed by atoms with Crippen LogP contribution >= 0.6 is 0 Å². The van der Waals surface area contributed by atoms with Crippen LogP contribution in [0.25, 0.3) is 0 Å². The Bertz CT molecular complexity index is 1260. The van der Waals surface area contributed by atoms with Crippen LogP contribution < -0.4 is 21.7 Å². The standard InChI is InChI=1S/C30H52N4O20/c1-8(39)32-16-21(44)24(12(5-36)48-27(16)47)53-29-18(34-10(3)41)23(46)26(14(7-38)51-29)54-30-17(33-9(2)40)22(45)25(13(6-37)50-30)52-28-15(31)20(43)19(42)11(4-35)49-28/h11-30,35-38,42-47H,4-7,31H2,1-3H3,(H,32,39)(H,33,40)(H,34,41)/t11?,12?,13?,14?,15?,16?,17?,18?,19-,20?,21?,22?,23?,24-,25-,26-,27-,28+,29+,30+/m1/s1. The Labute approximate surface area is 308 Å². The minimum Gasteiger partial charge on any atom is -0.394 e. The van der Waals surface area contributed by atoms with Gasteiger partial charge in [0.05, 0.1) is 32.5 Å². The summed E-state index contributed by atoms with van der Waals surface area (Å²) in [7, 11) is 0. The second kappa shape index (κ2) is 19.2. The Morgan fingerprint density at radius 3 is 1.22 bits per heavy atom. The van der Waals surface area contributed by atoms with Gasteiger partial charge >= 0.3 is 0 Å². The van der Waals surface area contributed by atoms with Crippen molar-refractivity contribution in [2.45, 2.75) is 143 Å². The van der Waals surface area contributed by atoms with Crippen molar-refractivity contribution >= 4 is 17.7 Å². The fourth-order valence-electron chi connectivity index (χ4n) is 6.81. The van der Waals surface area contributed by atoms with E-state index < -0.39 is 167 Å². The van der Waals surface area contributed by atoms with Crippen molar-refractivity contribution in [3.05, 3.63) is 0 Å². The Hall–Kier alpha value is -2.31. The summed E-state index contributed by atoms with van der Waals surface area (Å²) in [6.45, 7) is -0.0467. The van der Waals surface area contributed by atoms with Gasteiger partial charge in [0, 0.05) is 20.8 Å². The lowest BCUT2D eigenvalue weighted by molar-refractivity contribution is -0.361. The molecule has 0 radical (unpaired) electrons. The summed E-state index contributed by atoms with van der Waals surface area (Å²) in [4.78, 5) is 36.3. The van der Waals surface area contributed by atoms with E-state index in [0.29, 0.717) is 0 Å². The van der Waals surface area contributed by atoms with Crippen molar-refractivity contribution in [2.75, 3.05) is 26.4 Å². The van der Waals surface area contributed by atoms with E-state index in [0.717, 1.165) is 20.8 Å². The van der Waals surface area contributed by atoms with Gasteiger partial charge in [-0.2, -0.15) is 0 Å². The molecular weight excluding hydrogens is 736 g/mol. The van der Waals surface area contributed by atoms with Crippen LogP contribution in [0.15, 0.2) is 0 Å². The number of carbonyl (C=O) groups excluding carboxylic acids is 3. The number of nitrogens with one attached hydrogen (secondary N) is 3. The zero-order valence-corrected chi connectivity index (χ0v) is 29.5. The highest BCUT2D eigenvalue weighted by Gasteiger charge is 2.56. The molecule has 0 aromatic heterocycles. The molecule has 4 rings (SSSR count). The quantitative estimate of drug-likeness (QED) is 0.0824. The van der Waals surface area contributed by atoms with E-state index in [4.69, 9.17) is 38.9 Å². The number of hydrogen-bond donors (Lipinski definition) is 14. The predicted molar refractivity (Wildman–Crippen MR) is 171 cm³/mol. The molecule has 24 heteroatoms. The summed E-state index contributed by atoms with van der Waals surface area (Å²) in [5.74, 6) is -2.11. The molecule has 12 unspecified atom stereocenters. The average molecular weight is 789 g/mol. The van der Waals surface area contributed by atoms with E-state index in [1.54, 1.807) is 0 Å². The second-order valence-corrected chi connectivity index (χ2v) is 13.4. The summed E-state index contributed by atoms with van der Waals surface area (Å²) >= 11 is 0. The fourth-order valence-corrected chi connectivity index (χ4v) is 6.81. The van der Waals surface area contributed by atoms with Crippen molar-refractivity contribution in [2.24, 2.45) is 5.73 Å². The lowest BCUT2D eigenvalue weighted by atomic mass is 9.93. The molecule has 54 heavy (non-hydrogen) atoms. The number of rotatable bonds is 13. The van der Waals surface area contributed by atoms with Gasteiger partial charge in [-0.3, -0.25) is 14.4 Å². The third-order valence-electron chi connectivity index (χ3n) is 9.49. The Morgan fingerprint density at radius 2 is 0.833 bits per heavy atom. The number of ether oxygens (including phenoxy) is 7. The van der Waals surface area contributed by atoms with E-state index in [-0.39, 0.29) is 0 Å². The van der Waals surface area contributed by atoms with E-state index in [1.165, 1.54) is 0 Å². The predicted octanol–water partition coefficient (Wildman–Crippen LogP) is -9.35. The lowest BCUT2D eigenvalue weighted by Crippen LogP contribution is -2.71. The van der Waals surface area contributed by atoms with Crippen LogP contribution in [0, 0.1) is 0 Å². The van der Waals surface area contributed by atoms with Crippen molar-refractivity contribution < 1.29 is 98.6 Å². The largest absolute Gasteiger partial charge is 0.394 e. The third kappa shape index (κ3) is 9.79. The van der Waals surface area contributed by atoms with Crippen molar-refractivity contribution in [3.8, 4) is 0 Å². The topological polar surface area (TPSA) is 380 Å². The molecule has 312 valence electrons. The van der Waals surface area contributed by atoms with Crippen molar-refractivity contribution in [1.29, 1.82) is 0 Å². The van der Waals surface area contributed by atoms with Crippen LogP contribution in [0.2, 0.25) is 0 Å². The highest BCUT2D eigenvalue weighted by molar-refractivity contribution is 5.74. The number of aliphatic hydroxyl groups is 10. The second-order valence-electron chi connectivity index (χ2n) is 13.4. The first-order valence-electron chi connectivity index (χ1n) is 17.1. The van der Waals surface area contributed by atoms with Gasteiger partial charge in [0.25, 0.3) is 0 Å². The maximum Gasteiger partial charge on any atom is 0.217 e. The van der Waals surface area contributed by atoms with Gasteiger partial charge in [-0.25, -0.2) is 0 Å². The maximum atomic E-state index is 12.3. The van der Waals surface area contributed by atoms with Crippen LogP contribution in [-0.2, 0) is 47.5 Å². The SMILES string of the molecule is CC(=O)NC1C(O)[C@H](O[C@@H]2OC(CO)[C@@H](O)C(O)C2N)C(CO)O[C@H]1O[C@@H]1C(CO)O[C@@H](O[C@@H]2C(CO)O[C@@H](O)C(NC(C)=O)C2O)C(NC(C)=O)C1O. The van der Waals surface area contributed by atoms with Gasteiger partial charge in [0.15, 0.2) is 25.2 Å². The molecule has 4 saturated heterocycles. The first kappa shape index (κ1) is 44.4.